The van der Waals surface area contributed by atoms with Crippen molar-refractivity contribution >= 4 is 46.8 Å². The van der Waals surface area contributed by atoms with E-state index in [1.165, 1.54) is 29.2 Å². The van der Waals surface area contributed by atoms with Gasteiger partial charge in [-0.1, -0.05) is 46.9 Å². The van der Waals surface area contributed by atoms with E-state index in [0.29, 0.717) is 0 Å². The van der Waals surface area contributed by atoms with Gasteiger partial charge in [0.05, 0.1) is 33.7 Å². The Morgan fingerprint density at radius 2 is 1.58 bits per heavy atom. The van der Waals surface area contributed by atoms with Gasteiger partial charge < -0.3 is 19.2 Å². The second-order valence-corrected chi connectivity index (χ2v) is 10.5. The number of likely N-dealkylation sites (tertiary alicyclic amines) is 1. The summed E-state index contributed by atoms with van der Waals surface area (Å²) in [5.74, 6) is -3.81. The molecule has 1 saturated heterocycles. The Kier molecular flexibility index (Phi) is 6.54. The maximum atomic E-state index is 15.3. The number of carbonyl (C=O) groups is 1. The minimum absolute atomic E-state index is 0.1000. The third-order valence-electron chi connectivity index (χ3n) is 5.42. The molecule has 0 radical (unpaired) electrons. The van der Waals surface area contributed by atoms with Gasteiger partial charge >= 0.3 is 18.1 Å². The fourth-order valence-electron chi connectivity index (χ4n) is 3.63. The molecule has 1 atom stereocenters. The first-order chi connectivity index (χ1) is 16.5. The van der Waals surface area contributed by atoms with E-state index in [4.69, 9.17) is 49.1 Å². The fraction of sp³-hybridized carbons (Fsp3) is 0.391. The highest BCUT2D eigenvalue weighted by Crippen LogP contribution is 2.49. The molecule has 2 aliphatic rings. The molecule has 0 spiro atoms. The molecule has 2 heterocycles. The molecule has 0 N–H and O–H groups in total. The van der Waals surface area contributed by atoms with Crippen LogP contribution in [0.2, 0.25) is 15.1 Å². The Labute approximate surface area is 218 Å². The Hall–Kier alpha value is -2.43. The van der Waals surface area contributed by atoms with Crippen molar-refractivity contribution in [3.8, 4) is 0 Å². The zero-order valence-corrected chi connectivity index (χ0v) is 21.3. The number of oxime groups is 1. The van der Waals surface area contributed by atoms with Crippen LogP contribution in [0.25, 0.3) is 0 Å². The molecular formula is C23H19Cl3F4N2O4. The quantitative estimate of drug-likeness (QED) is 0.290. The highest BCUT2D eigenvalue weighted by atomic mass is 35.5. The van der Waals surface area contributed by atoms with Crippen LogP contribution in [0.5, 0.6) is 0 Å². The smallest absolute Gasteiger partial charge is 0.444 e. The normalized spacial score (nSPS) is 21.3. The molecule has 0 aromatic heterocycles. The molecule has 4 rings (SSSR count). The standard InChI is InChI=1S/C23H19Cl3F4N2O4/c1-20(2,3)35-19(33)32-10-21(27,11-32)13-6-4-12(5-7-13)18-31-36-22(34-18,23(28,29)30)14-8-15(24)17(26)16(25)9-14/h4-9H,10-11H2,1-3H3. The van der Waals surface area contributed by atoms with Crippen LogP contribution < -0.4 is 0 Å². The van der Waals surface area contributed by atoms with Gasteiger partial charge in [0.1, 0.15) is 5.60 Å². The van der Waals surface area contributed by atoms with Crippen molar-refractivity contribution in [3.63, 3.8) is 0 Å². The van der Waals surface area contributed by atoms with Crippen molar-refractivity contribution in [2.24, 2.45) is 5.16 Å². The molecule has 1 unspecified atom stereocenters. The summed E-state index contributed by atoms with van der Waals surface area (Å²) in [5, 5.41) is 2.87. The summed E-state index contributed by atoms with van der Waals surface area (Å²) >= 11 is 17.7. The fourth-order valence-corrected chi connectivity index (χ4v) is 4.23. The van der Waals surface area contributed by atoms with Gasteiger partial charge in [0, 0.05) is 5.56 Å². The van der Waals surface area contributed by atoms with Crippen LogP contribution in [0, 0.1) is 0 Å². The predicted octanol–water partition coefficient (Wildman–Crippen LogP) is 7.19. The van der Waals surface area contributed by atoms with E-state index in [-0.39, 0.29) is 39.3 Å². The number of amides is 1. The number of hydrogen-bond acceptors (Lipinski definition) is 5. The summed E-state index contributed by atoms with van der Waals surface area (Å²) in [6.07, 6.45) is -5.72. The van der Waals surface area contributed by atoms with Gasteiger partial charge in [-0.05, 0) is 55.8 Å². The number of nitrogens with zero attached hydrogens (tertiary/aromatic N) is 2. The SMILES string of the molecule is CC(C)(C)OC(=O)N1CC(F)(c2ccc(C3=NOC(c4cc(Cl)c(Cl)c(Cl)c4)(C(F)(F)F)O3)cc2)C1. The highest BCUT2D eigenvalue weighted by Gasteiger charge is 2.66. The van der Waals surface area contributed by atoms with Gasteiger partial charge in [-0.15, -0.1) is 0 Å². The lowest BCUT2D eigenvalue weighted by molar-refractivity contribution is -0.352. The lowest BCUT2D eigenvalue weighted by Gasteiger charge is -2.44. The highest BCUT2D eigenvalue weighted by molar-refractivity contribution is 6.48. The molecule has 13 heteroatoms. The van der Waals surface area contributed by atoms with Crippen LogP contribution in [0.15, 0.2) is 41.6 Å². The van der Waals surface area contributed by atoms with Gasteiger partial charge in [-0.3, -0.25) is 0 Å². The summed E-state index contributed by atoms with van der Waals surface area (Å²) < 4.78 is 68.0. The van der Waals surface area contributed by atoms with Crippen molar-refractivity contribution in [1.82, 2.24) is 4.90 Å². The van der Waals surface area contributed by atoms with E-state index in [0.717, 1.165) is 12.1 Å². The zero-order chi connectivity index (χ0) is 26.7. The second-order valence-electron chi connectivity index (χ2n) is 9.34. The van der Waals surface area contributed by atoms with Crippen molar-refractivity contribution in [1.29, 1.82) is 0 Å². The van der Waals surface area contributed by atoms with Crippen LogP contribution in [0.1, 0.15) is 37.5 Å². The predicted molar refractivity (Wildman–Crippen MR) is 125 cm³/mol. The Bertz CT molecular complexity index is 1200. The summed E-state index contributed by atoms with van der Waals surface area (Å²) in [7, 11) is 0. The van der Waals surface area contributed by atoms with E-state index in [1.807, 2.05) is 0 Å². The molecule has 0 aliphatic carbocycles. The summed E-state index contributed by atoms with van der Waals surface area (Å²) in [5.41, 5.74) is -2.79. The van der Waals surface area contributed by atoms with Gasteiger partial charge in [0.2, 0.25) is 0 Å². The summed E-state index contributed by atoms with van der Waals surface area (Å²) in [6.45, 7) is 4.65. The van der Waals surface area contributed by atoms with Crippen molar-refractivity contribution < 1.29 is 36.7 Å². The average molecular weight is 570 g/mol. The van der Waals surface area contributed by atoms with Gasteiger partial charge in [-0.25, -0.2) is 9.18 Å². The lowest BCUT2D eigenvalue weighted by Crippen LogP contribution is -2.59. The van der Waals surface area contributed by atoms with Crippen molar-refractivity contribution in [2.45, 2.75) is 44.0 Å². The molecule has 6 nitrogen and oxygen atoms in total. The first-order valence-corrected chi connectivity index (χ1v) is 11.6. The monoisotopic (exact) mass is 568 g/mol. The minimum Gasteiger partial charge on any atom is -0.444 e. The third kappa shape index (κ3) is 4.78. The van der Waals surface area contributed by atoms with E-state index in [2.05, 4.69) is 5.16 Å². The first kappa shape index (κ1) is 26.6. The number of benzene rings is 2. The number of rotatable bonds is 3. The van der Waals surface area contributed by atoms with Gasteiger partial charge in [-0.2, -0.15) is 13.2 Å². The van der Waals surface area contributed by atoms with E-state index in [9.17, 15) is 18.0 Å². The lowest BCUT2D eigenvalue weighted by atomic mass is 9.88. The Morgan fingerprint density at radius 3 is 2.08 bits per heavy atom. The molecule has 194 valence electrons. The summed E-state index contributed by atoms with van der Waals surface area (Å²) in [6, 6.07) is 7.26. The second kappa shape index (κ2) is 8.85. The average Bonchev–Trinajstić information content (AvgIpc) is 3.21. The number of alkyl halides is 4. The van der Waals surface area contributed by atoms with E-state index >= 15 is 4.39 Å². The van der Waals surface area contributed by atoms with Crippen molar-refractivity contribution in [2.75, 3.05) is 13.1 Å². The molecule has 2 aromatic rings. The van der Waals surface area contributed by atoms with Crippen LogP contribution >= 0.6 is 34.8 Å². The molecule has 0 bridgehead atoms. The topological polar surface area (TPSA) is 60.4 Å². The largest absolute Gasteiger partial charge is 0.475 e. The number of ether oxygens (including phenoxy) is 2. The minimum atomic E-state index is -5.08. The van der Waals surface area contributed by atoms with Crippen LogP contribution in [0.4, 0.5) is 22.4 Å². The maximum Gasteiger partial charge on any atom is 0.475 e. The van der Waals surface area contributed by atoms with Gasteiger partial charge in [0.25, 0.3) is 5.90 Å². The number of carbonyl (C=O) groups excluding carboxylic acids is 1. The van der Waals surface area contributed by atoms with E-state index in [1.54, 1.807) is 20.8 Å². The van der Waals surface area contributed by atoms with E-state index < -0.39 is 40.8 Å². The van der Waals surface area contributed by atoms with Crippen LogP contribution in [-0.4, -0.2) is 41.8 Å². The summed E-state index contributed by atoms with van der Waals surface area (Å²) in [4.78, 5) is 18.1. The molecule has 1 amide bonds. The van der Waals surface area contributed by atoms with Crippen LogP contribution in [0.3, 0.4) is 0 Å². The molecule has 1 fully saturated rings. The Morgan fingerprint density at radius 1 is 1.03 bits per heavy atom. The van der Waals surface area contributed by atoms with Crippen LogP contribution in [-0.2, 0) is 25.8 Å². The number of hydrogen-bond donors (Lipinski definition) is 0. The molecule has 0 saturated carbocycles. The zero-order valence-electron chi connectivity index (χ0n) is 19.1. The molecular weight excluding hydrogens is 551 g/mol. The van der Waals surface area contributed by atoms with Gasteiger partial charge in [0.15, 0.2) is 5.67 Å². The Balaban J connectivity index is 1.52. The molecule has 2 aliphatic heterocycles. The van der Waals surface area contributed by atoms with Crippen molar-refractivity contribution in [3.05, 3.63) is 68.2 Å². The molecule has 36 heavy (non-hydrogen) atoms. The molecule has 2 aromatic carbocycles. The third-order valence-corrected chi connectivity index (χ3v) is 6.62. The number of halogens is 7. The first-order valence-electron chi connectivity index (χ1n) is 10.5. The maximum absolute atomic E-state index is 15.3.